The molecule has 0 aliphatic heterocycles. The molecule has 0 fully saturated rings. The summed E-state index contributed by atoms with van der Waals surface area (Å²) in [6.45, 7) is 0.424. The van der Waals surface area contributed by atoms with E-state index in [4.69, 9.17) is 9.47 Å². The zero-order valence-corrected chi connectivity index (χ0v) is 13.5. The molecule has 1 N–H and O–H groups in total. The Kier molecular flexibility index (Phi) is 4.96. The first-order chi connectivity index (χ1) is 11.8. The first-order valence-electron chi connectivity index (χ1n) is 7.76. The predicted molar refractivity (Wildman–Crippen MR) is 94.3 cm³/mol. The molecule has 0 bridgehead atoms. The molecule has 0 aromatic heterocycles. The van der Waals surface area contributed by atoms with Gasteiger partial charge in [-0.15, -0.1) is 0 Å². The van der Waals surface area contributed by atoms with Gasteiger partial charge in [0.25, 0.3) is 5.91 Å². The van der Waals surface area contributed by atoms with Crippen molar-refractivity contribution in [3.8, 4) is 11.5 Å². The lowest BCUT2D eigenvalue weighted by Gasteiger charge is -2.10. The fourth-order valence-electron chi connectivity index (χ4n) is 2.48. The molecular formula is C20H19NO3. The number of nitrogens with one attached hydrogen (secondary N) is 1. The SMILES string of the molecule is COc1ccccc1OCC(=O)NCc1ccc2ccccc2c1. The Labute approximate surface area is 141 Å². The number of para-hydroxylation sites is 2. The summed E-state index contributed by atoms with van der Waals surface area (Å²) < 4.78 is 10.7. The van der Waals surface area contributed by atoms with Gasteiger partial charge in [0.05, 0.1) is 7.11 Å². The Morgan fingerprint density at radius 3 is 2.42 bits per heavy atom. The van der Waals surface area contributed by atoms with Gasteiger partial charge < -0.3 is 14.8 Å². The number of carbonyl (C=O) groups is 1. The molecular weight excluding hydrogens is 302 g/mol. The number of hydrogen-bond donors (Lipinski definition) is 1. The number of ether oxygens (including phenoxy) is 2. The lowest BCUT2D eigenvalue weighted by atomic mass is 10.1. The molecule has 0 spiro atoms. The summed E-state index contributed by atoms with van der Waals surface area (Å²) in [7, 11) is 1.57. The fraction of sp³-hybridized carbons (Fsp3) is 0.150. The van der Waals surface area contributed by atoms with Gasteiger partial charge >= 0.3 is 0 Å². The van der Waals surface area contributed by atoms with Crippen molar-refractivity contribution in [1.82, 2.24) is 5.32 Å². The first-order valence-corrected chi connectivity index (χ1v) is 7.76. The van der Waals surface area contributed by atoms with Crippen LogP contribution in [0.2, 0.25) is 0 Å². The van der Waals surface area contributed by atoms with Crippen molar-refractivity contribution in [3.05, 3.63) is 72.3 Å². The van der Waals surface area contributed by atoms with Crippen LogP contribution in [0.4, 0.5) is 0 Å². The molecule has 0 saturated carbocycles. The molecule has 0 aliphatic rings. The highest BCUT2D eigenvalue weighted by Gasteiger charge is 2.07. The van der Waals surface area contributed by atoms with E-state index in [1.54, 1.807) is 19.2 Å². The third-order valence-electron chi connectivity index (χ3n) is 3.73. The van der Waals surface area contributed by atoms with Gasteiger partial charge in [-0.05, 0) is 34.5 Å². The monoisotopic (exact) mass is 321 g/mol. The lowest BCUT2D eigenvalue weighted by molar-refractivity contribution is -0.123. The van der Waals surface area contributed by atoms with E-state index in [1.165, 1.54) is 5.39 Å². The van der Waals surface area contributed by atoms with Crippen molar-refractivity contribution in [2.24, 2.45) is 0 Å². The maximum atomic E-state index is 12.0. The summed E-state index contributed by atoms with van der Waals surface area (Å²) in [4.78, 5) is 12.0. The third-order valence-corrected chi connectivity index (χ3v) is 3.73. The van der Waals surface area contributed by atoms with E-state index >= 15 is 0 Å². The molecule has 24 heavy (non-hydrogen) atoms. The van der Waals surface area contributed by atoms with Crippen molar-refractivity contribution >= 4 is 16.7 Å². The molecule has 4 heteroatoms. The maximum Gasteiger partial charge on any atom is 0.258 e. The second-order valence-electron chi connectivity index (χ2n) is 5.40. The zero-order valence-electron chi connectivity index (χ0n) is 13.5. The maximum absolute atomic E-state index is 12.0. The summed E-state index contributed by atoms with van der Waals surface area (Å²) >= 11 is 0. The highest BCUT2D eigenvalue weighted by atomic mass is 16.5. The molecule has 0 atom stereocenters. The van der Waals surface area contributed by atoms with Crippen molar-refractivity contribution in [3.63, 3.8) is 0 Å². The van der Waals surface area contributed by atoms with Crippen LogP contribution in [0.5, 0.6) is 11.5 Å². The van der Waals surface area contributed by atoms with E-state index in [-0.39, 0.29) is 12.5 Å². The Balaban J connectivity index is 1.55. The molecule has 3 aromatic carbocycles. The average molecular weight is 321 g/mol. The predicted octanol–water partition coefficient (Wildman–Crippen LogP) is 3.54. The minimum Gasteiger partial charge on any atom is -0.493 e. The number of rotatable bonds is 6. The van der Waals surface area contributed by atoms with Crippen LogP contribution in [0.25, 0.3) is 10.8 Å². The highest BCUT2D eigenvalue weighted by molar-refractivity contribution is 5.83. The van der Waals surface area contributed by atoms with Crippen LogP contribution in [-0.2, 0) is 11.3 Å². The quantitative estimate of drug-likeness (QED) is 0.755. The van der Waals surface area contributed by atoms with Gasteiger partial charge in [0.2, 0.25) is 0 Å². The largest absolute Gasteiger partial charge is 0.493 e. The van der Waals surface area contributed by atoms with Gasteiger partial charge in [0.15, 0.2) is 18.1 Å². The minimum absolute atomic E-state index is 0.0477. The Hall–Kier alpha value is -3.01. The molecule has 0 saturated heterocycles. The Bertz CT molecular complexity index is 845. The van der Waals surface area contributed by atoms with E-state index in [0.29, 0.717) is 18.0 Å². The van der Waals surface area contributed by atoms with Gasteiger partial charge in [-0.2, -0.15) is 0 Å². The van der Waals surface area contributed by atoms with Crippen molar-refractivity contribution in [2.75, 3.05) is 13.7 Å². The highest BCUT2D eigenvalue weighted by Crippen LogP contribution is 2.25. The topological polar surface area (TPSA) is 47.6 Å². The molecule has 3 rings (SSSR count). The molecule has 0 radical (unpaired) electrons. The third kappa shape index (κ3) is 3.84. The van der Waals surface area contributed by atoms with Crippen LogP contribution < -0.4 is 14.8 Å². The average Bonchev–Trinajstić information content (AvgIpc) is 2.64. The van der Waals surface area contributed by atoms with Gasteiger partial charge in [0.1, 0.15) is 0 Å². The van der Waals surface area contributed by atoms with E-state index in [0.717, 1.165) is 10.9 Å². The first kappa shape index (κ1) is 15.9. The molecule has 0 heterocycles. The fourth-order valence-corrected chi connectivity index (χ4v) is 2.48. The molecule has 3 aromatic rings. The molecule has 1 amide bonds. The molecule has 4 nitrogen and oxygen atoms in total. The van der Waals surface area contributed by atoms with E-state index in [9.17, 15) is 4.79 Å². The summed E-state index contributed by atoms with van der Waals surface area (Å²) in [6.07, 6.45) is 0. The minimum atomic E-state index is -0.172. The lowest BCUT2D eigenvalue weighted by Crippen LogP contribution is -2.28. The summed E-state index contributed by atoms with van der Waals surface area (Å²) in [5.74, 6) is 0.995. The van der Waals surface area contributed by atoms with Gasteiger partial charge in [-0.1, -0.05) is 48.5 Å². The van der Waals surface area contributed by atoms with Gasteiger partial charge in [0, 0.05) is 6.54 Å². The number of methoxy groups -OCH3 is 1. The number of carbonyl (C=O) groups excluding carboxylic acids is 1. The normalized spacial score (nSPS) is 10.4. The second-order valence-corrected chi connectivity index (χ2v) is 5.40. The van der Waals surface area contributed by atoms with Crippen LogP contribution in [0.1, 0.15) is 5.56 Å². The van der Waals surface area contributed by atoms with Crippen LogP contribution in [0.3, 0.4) is 0 Å². The van der Waals surface area contributed by atoms with Crippen LogP contribution in [0, 0.1) is 0 Å². The molecule has 122 valence electrons. The number of hydrogen-bond acceptors (Lipinski definition) is 3. The van der Waals surface area contributed by atoms with Gasteiger partial charge in [-0.3, -0.25) is 4.79 Å². The summed E-state index contributed by atoms with van der Waals surface area (Å²) in [5, 5.41) is 5.22. The van der Waals surface area contributed by atoms with Crippen molar-refractivity contribution in [2.45, 2.75) is 6.54 Å². The Morgan fingerprint density at radius 2 is 1.62 bits per heavy atom. The van der Waals surface area contributed by atoms with Gasteiger partial charge in [-0.25, -0.2) is 0 Å². The van der Waals surface area contributed by atoms with E-state index in [2.05, 4.69) is 29.6 Å². The Morgan fingerprint density at radius 1 is 0.917 bits per heavy atom. The summed E-state index contributed by atoms with van der Waals surface area (Å²) in [5.41, 5.74) is 1.05. The summed E-state index contributed by atoms with van der Waals surface area (Å²) in [6, 6.07) is 21.6. The van der Waals surface area contributed by atoms with Crippen LogP contribution in [-0.4, -0.2) is 19.6 Å². The van der Waals surface area contributed by atoms with Crippen LogP contribution in [0.15, 0.2) is 66.7 Å². The van der Waals surface area contributed by atoms with Crippen molar-refractivity contribution < 1.29 is 14.3 Å². The molecule has 0 unspecified atom stereocenters. The number of benzene rings is 3. The van der Waals surface area contributed by atoms with E-state index in [1.807, 2.05) is 30.3 Å². The standard InChI is InChI=1S/C20H19NO3/c1-23-18-8-4-5-9-19(18)24-14-20(22)21-13-15-10-11-16-6-2-3-7-17(16)12-15/h2-12H,13-14H2,1H3,(H,21,22). The van der Waals surface area contributed by atoms with E-state index < -0.39 is 0 Å². The number of amides is 1. The zero-order chi connectivity index (χ0) is 16.8. The van der Waals surface area contributed by atoms with Crippen molar-refractivity contribution in [1.29, 1.82) is 0 Å². The second kappa shape index (κ2) is 7.51. The molecule has 0 aliphatic carbocycles. The smallest absolute Gasteiger partial charge is 0.258 e. The number of fused-ring (bicyclic) bond motifs is 1. The van der Waals surface area contributed by atoms with Crippen LogP contribution >= 0.6 is 0 Å².